The predicted molar refractivity (Wildman–Crippen MR) is 97.3 cm³/mol. The SMILES string of the molecule is CCCCCCCCCCCC(=O)OOC(=O)C(CC)CCCC. The van der Waals surface area contributed by atoms with Gasteiger partial charge in [0.15, 0.2) is 0 Å². The Balaban J connectivity index is 3.56. The van der Waals surface area contributed by atoms with Crippen LogP contribution in [0.3, 0.4) is 0 Å². The molecule has 0 radical (unpaired) electrons. The number of hydrogen-bond acceptors (Lipinski definition) is 4. The molecule has 0 N–H and O–H groups in total. The fourth-order valence-corrected chi connectivity index (χ4v) is 2.72. The van der Waals surface area contributed by atoms with Crippen molar-refractivity contribution in [1.29, 1.82) is 0 Å². The largest absolute Gasteiger partial charge is 0.358 e. The van der Waals surface area contributed by atoms with Crippen molar-refractivity contribution in [3.05, 3.63) is 0 Å². The van der Waals surface area contributed by atoms with Gasteiger partial charge < -0.3 is 0 Å². The summed E-state index contributed by atoms with van der Waals surface area (Å²) in [6, 6.07) is 0. The second-order valence-electron chi connectivity index (χ2n) is 6.68. The molecule has 1 unspecified atom stereocenters. The monoisotopic (exact) mass is 342 g/mol. The summed E-state index contributed by atoms with van der Waals surface area (Å²) >= 11 is 0. The lowest BCUT2D eigenvalue weighted by atomic mass is 10.00. The first-order valence-corrected chi connectivity index (χ1v) is 10.1. The van der Waals surface area contributed by atoms with Crippen molar-refractivity contribution in [2.45, 2.75) is 111 Å². The average Bonchev–Trinajstić information content (AvgIpc) is 2.59. The van der Waals surface area contributed by atoms with Crippen LogP contribution in [0.5, 0.6) is 0 Å². The number of rotatable bonds is 15. The molecule has 0 heterocycles. The Hall–Kier alpha value is -1.06. The highest BCUT2D eigenvalue weighted by molar-refractivity contribution is 5.74. The van der Waals surface area contributed by atoms with E-state index < -0.39 is 11.9 Å². The Morgan fingerprint density at radius 2 is 1.25 bits per heavy atom. The molecule has 0 bridgehead atoms. The van der Waals surface area contributed by atoms with Gasteiger partial charge in [-0.1, -0.05) is 85.0 Å². The second kappa shape index (κ2) is 16.8. The van der Waals surface area contributed by atoms with E-state index in [1.165, 1.54) is 38.5 Å². The van der Waals surface area contributed by atoms with Crippen LogP contribution in [0.2, 0.25) is 0 Å². The molecule has 1 atom stereocenters. The Kier molecular flexibility index (Phi) is 16.0. The normalized spacial score (nSPS) is 12.0. The summed E-state index contributed by atoms with van der Waals surface area (Å²) < 4.78 is 0. The van der Waals surface area contributed by atoms with Crippen LogP contribution in [0.4, 0.5) is 0 Å². The highest BCUT2D eigenvalue weighted by Crippen LogP contribution is 2.15. The highest BCUT2D eigenvalue weighted by atomic mass is 17.2. The van der Waals surface area contributed by atoms with Gasteiger partial charge in [0.1, 0.15) is 0 Å². The van der Waals surface area contributed by atoms with Crippen molar-refractivity contribution in [2.75, 3.05) is 0 Å². The third-order valence-corrected chi connectivity index (χ3v) is 4.43. The van der Waals surface area contributed by atoms with Gasteiger partial charge in [0.05, 0.1) is 12.3 Å². The molecule has 4 heteroatoms. The van der Waals surface area contributed by atoms with Crippen LogP contribution in [-0.2, 0) is 19.4 Å². The van der Waals surface area contributed by atoms with Crippen molar-refractivity contribution in [1.82, 2.24) is 0 Å². The fourth-order valence-electron chi connectivity index (χ4n) is 2.72. The van der Waals surface area contributed by atoms with E-state index in [-0.39, 0.29) is 5.92 Å². The number of unbranched alkanes of at least 4 members (excludes halogenated alkanes) is 9. The van der Waals surface area contributed by atoms with E-state index in [9.17, 15) is 9.59 Å². The topological polar surface area (TPSA) is 52.6 Å². The average molecular weight is 343 g/mol. The summed E-state index contributed by atoms with van der Waals surface area (Å²) in [5.41, 5.74) is 0. The molecule has 24 heavy (non-hydrogen) atoms. The van der Waals surface area contributed by atoms with E-state index in [1.807, 2.05) is 6.92 Å². The first-order valence-electron chi connectivity index (χ1n) is 10.1. The molecule has 0 saturated heterocycles. The van der Waals surface area contributed by atoms with Crippen LogP contribution in [0.15, 0.2) is 0 Å². The molecule has 4 nitrogen and oxygen atoms in total. The van der Waals surface area contributed by atoms with Gasteiger partial charge in [-0.05, 0) is 19.3 Å². The van der Waals surface area contributed by atoms with Gasteiger partial charge in [-0.2, -0.15) is 0 Å². The predicted octanol–water partition coefficient (Wildman–Crippen LogP) is 6.13. The Morgan fingerprint density at radius 1 is 0.708 bits per heavy atom. The second-order valence-corrected chi connectivity index (χ2v) is 6.68. The molecule has 0 spiro atoms. The zero-order chi connectivity index (χ0) is 18.0. The Bertz CT molecular complexity index is 315. The molecule has 0 amide bonds. The molecular formula is C20H38O4. The third kappa shape index (κ3) is 13.4. The van der Waals surface area contributed by atoms with E-state index in [2.05, 4.69) is 18.7 Å². The standard InChI is InChI=1S/C20H38O4/c1-4-7-9-10-11-12-13-14-15-17-19(21)23-24-20(22)18(6-3)16-8-5-2/h18H,4-17H2,1-3H3. The van der Waals surface area contributed by atoms with Crippen molar-refractivity contribution in [3.63, 3.8) is 0 Å². The smallest absolute Gasteiger partial charge is 0.247 e. The molecule has 0 aliphatic heterocycles. The number of hydrogen-bond donors (Lipinski definition) is 0. The highest BCUT2D eigenvalue weighted by Gasteiger charge is 2.20. The van der Waals surface area contributed by atoms with Crippen molar-refractivity contribution >= 4 is 11.9 Å². The van der Waals surface area contributed by atoms with Crippen LogP contribution in [0, 0.1) is 5.92 Å². The lowest BCUT2D eigenvalue weighted by molar-refractivity contribution is -0.262. The first kappa shape index (κ1) is 22.9. The van der Waals surface area contributed by atoms with E-state index >= 15 is 0 Å². The summed E-state index contributed by atoms with van der Waals surface area (Å²) in [4.78, 5) is 32.7. The molecule has 0 rings (SSSR count). The Morgan fingerprint density at radius 3 is 1.79 bits per heavy atom. The zero-order valence-electron chi connectivity index (χ0n) is 16.1. The van der Waals surface area contributed by atoms with Gasteiger partial charge in [0, 0.05) is 0 Å². The summed E-state index contributed by atoms with van der Waals surface area (Å²) in [6.45, 7) is 6.26. The van der Waals surface area contributed by atoms with Gasteiger partial charge in [0.25, 0.3) is 0 Å². The maximum absolute atomic E-state index is 11.8. The van der Waals surface area contributed by atoms with Gasteiger partial charge in [-0.25, -0.2) is 19.4 Å². The molecular weight excluding hydrogens is 304 g/mol. The quantitative estimate of drug-likeness (QED) is 0.204. The van der Waals surface area contributed by atoms with Gasteiger partial charge in [0.2, 0.25) is 0 Å². The minimum absolute atomic E-state index is 0.162. The van der Waals surface area contributed by atoms with Crippen molar-refractivity contribution in [2.24, 2.45) is 5.92 Å². The molecule has 0 aromatic heterocycles. The maximum atomic E-state index is 11.8. The van der Waals surface area contributed by atoms with Crippen LogP contribution >= 0.6 is 0 Å². The number of carbonyl (C=O) groups excluding carboxylic acids is 2. The molecule has 0 fully saturated rings. The fraction of sp³-hybridized carbons (Fsp3) is 0.900. The summed E-state index contributed by atoms with van der Waals surface area (Å²) in [7, 11) is 0. The molecule has 0 aromatic rings. The maximum Gasteiger partial charge on any atom is 0.358 e. The Labute approximate surface area is 148 Å². The van der Waals surface area contributed by atoms with Crippen LogP contribution in [0.25, 0.3) is 0 Å². The molecule has 142 valence electrons. The molecule has 0 aliphatic carbocycles. The first-order chi connectivity index (χ1) is 11.7. The van der Waals surface area contributed by atoms with E-state index in [1.54, 1.807) is 0 Å². The van der Waals surface area contributed by atoms with Crippen molar-refractivity contribution in [3.8, 4) is 0 Å². The van der Waals surface area contributed by atoms with Crippen LogP contribution in [0.1, 0.15) is 111 Å². The van der Waals surface area contributed by atoms with E-state index in [4.69, 9.17) is 4.89 Å². The van der Waals surface area contributed by atoms with E-state index in [0.717, 1.165) is 38.5 Å². The molecule has 0 aromatic carbocycles. The lowest BCUT2D eigenvalue weighted by Crippen LogP contribution is -2.19. The third-order valence-electron chi connectivity index (χ3n) is 4.43. The van der Waals surface area contributed by atoms with Gasteiger partial charge >= 0.3 is 11.9 Å². The van der Waals surface area contributed by atoms with Crippen LogP contribution < -0.4 is 0 Å². The lowest BCUT2D eigenvalue weighted by Gasteiger charge is -2.11. The minimum Gasteiger partial charge on any atom is -0.247 e. The molecule has 0 aliphatic rings. The summed E-state index contributed by atoms with van der Waals surface area (Å²) in [5, 5.41) is 0. The minimum atomic E-state index is -0.434. The molecule has 0 saturated carbocycles. The summed E-state index contributed by atoms with van der Waals surface area (Å²) in [5.74, 6) is -1.01. The van der Waals surface area contributed by atoms with Crippen LogP contribution in [-0.4, -0.2) is 11.9 Å². The van der Waals surface area contributed by atoms with Gasteiger partial charge in [-0.3, -0.25) is 0 Å². The van der Waals surface area contributed by atoms with Crippen molar-refractivity contribution < 1.29 is 19.4 Å². The van der Waals surface area contributed by atoms with Gasteiger partial charge in [-0.15, -0.1) is 0 Å². The summed E-state index contributed by atoms with van der Waals surface area (Å²) in [6.07, 6.45) is 14.7. The van der Waals surface area contributed by atoms with E-state index in [0.29, 0.717) is 12.8 Å². The zero-order valence-corrected chi connectivity index (χ0v) is 16.1. The number of carbonyl (C=O) groups is 2.